The van der Waals surface area contributed by atoms with Crippen molar-refractivity contribution in [3.05, 3.63) is 58.4 Å². The molecule has 0 bridgehead atoms. The molecule has 7 heteroatoms. The highest BCUT2D eigenvalue weighted by Crippen LogP contribution is 2.31. The standard InChI is InChI=1S/C25H27NO6/c1-3-31-24(28)17-10-12-26(13-11-17)15-21-22(27)9-6-18-14-20(25(29)32-23(18)21)16-4-7-19(30-2)8-5-16/h4-9,14,17,27H,3,10-13,15H2,1-2H3. The molecule has 3 aromatic rings. The van der Waals surface area contributed by atoms with E-state index in [4.69, 9.17) is 13.9 Å². The van der Waals surface area contributed by atoms with Gasteiger partial charge in [0.25, 0.3) is 0 Å². The van der Waals surface area contributed by atoms with Crippen molar-refractivity contribution in [2.24, 2.45) is 5.92 Å². The number of esters is 1. The Kier molecular flexibility index (Phi) is 6.46. The van der Waals surface area contributed by atoms with E-state index in [1.54, 1.807) is 37.4 Å². The topological polar surface area (TPSA) is 89.2 Å². The Morgan fingerprint density at radius 2 is 1.88 bits per heavy atom. The summed E-state index contributed by atoms with van der Waals surface area (Å²) in [4.78, 5) is 26.9. The molecule has 0 aliphatic carbocycles. The van der Waals surface area contributed by atoms with E-state index in [9.17, 15) is 14.7 Å². The number of phenolic OH excluding ortho intramolecular Hbond substituents is 1. The SMILES string of the molecule is CCOC(=O)C1CCN(Cc2c(O)ccc3cc(-c4ccc(OC)cc4)c(=O)oc23)CC1. The Bertz CT molecular complexity index is 1160. The number of fused-ring (bicyclic) bond motifs is 1. The normalized spacial score (nSPS) is 15.1. The predicted molar refractivity (Wildman–Crippen MR) is 121 cm³/mol. The summed E-state index contributed by atoms with van der Waals surface area (Å²) in [7, 11) is 1.59. The number of carbonyl (C=O) groups excluding carboxylic acids is 1. The van der Waals surface area contributed by atoms with Crippen LogP contribution in [-0.2, 0) is 16.1 Å². The molecule has 1 aliphatic rings. The van der Waals surface area contributed by atoms with Gasteiger partial charge in [0, 0.05) is 11.9 Å². The van der Waals surface area contributed by atoms with Crippen LogP contribution in [0.25, 0.3) is 22.1 Å². The van der Waals surface area contributed by atoms with Crippen LogP contribution < -0.4 is 10.4 Å². The Hall–Kier alpha value is -3.32. The first kappa shape index (κ1) is 21.9. The summed E-state index contributed by atoms with van der Waals surface area (Å²) in [5.74, 6) is 0.567. The summed E-state index contributed by atoms with van der Waals surface area (Å²) in [6.07, 6.45) is 1.41. The minimum absolute atomic E-state index is 0.0858. The lowest BCUT2D eigenvalue weighted by molar-refractivity contribution is -0.149. The van der Waals surface area contributed by atoms with Crippen LogP contribution >= 0.6 is 0 Å². The minimum atomic E-state index is -0.462. The number of aromatic hydroxyl groups is 1. The molecule has 1 fully saturated rings. The van der Waals surface area contributed by atoms with Crippen molar-refractivity contribution in [2.45, 2.75) is 26.3 Å². The first-order valence-corrected chi connectivity index (χ1v) is 10.8. The number of hydrogen-bond acceptors (Lipinski definition) is 7. The Morgan fingerprint density at radius 3 is 2.53 bits per heavy atom. The van der Waals surface area contributed by atoms with Gasteiger partial charge in [-0.3, -0.25) is 9.69 Å². The van der Waals surface area contributed by atoms with E-state index in [0.29, 0.717) is 61.5 Å². The molecule has 2 heterocycles. The van der Waals surface area contributed by atoms with Gasteiger partial charge in [0.05, 0.1) is 30.8 Å². The van der Waals surface area contributed by atoms with E-state index in [1.807, 2.05) is 19.1 Å². The number of piperidine rings is 1. The Morgan fingerprint density at radius 1 is 1.16 bits per heavy atom. The fourth-order valence-electron chi connectivity index (χ4n) is 4.17. The van der Waals surface area contributed by atoms with Gasteiger partial charge in [-0.25, -0.2) is 4.79 Å². The number of carbonyl (C=O) groups is 1. The van der Waals surface area contributed by atoms with E-state index >= 15 is 0 Å². The number of benzene rings is 2. The fraction of sp³-hybridized carbons (Fsp3) is 0.360. The lowest BCUT2D eigenvalue weighted by Gasteiger charge is -2.31. The third-order valence-corrected chi connectivity index (χ3v) is 5.97. The summed E-state index contributed by atoms with van der Waals surface area (Å²) >= 11 is 0. The van der Waals surface area contributed by atoms with Gasteiger partial charge < -0.3 is 19.0 Å². The fourth-order valence-corrected chi connectivity index (χ4v) is 4.17. The van der Waals surface area contributed by atoms with Crippen molar-refractivity contribution in [3.8, 4) is 22.6 Å². The molecule has 2 aromatic carbocycles. The van der Waals surface area contributed by atoms with Gasteiger partial charge >= 0.3 is 11.6 Å². The third kappa shape index (κ3) is 4.48. The highest BCUT2D eigenvalue weighted by Gasteiger charge is 2.27. The minimum Gasteiger partial charge on any atom is -0.507 e. The molecular formula is C25H27NO6. The van der Waals surface area contributed by atoms with Crippen LogP contribution in [0, 0.1) is 5.92 Å². The number of phenols is 1. The number of ether oxygens (including phenoxy) is 2. The van der Waals surface area contributed by atoms with Gasteiger partial charge in [-0.15, -0.1) is 0 Å². The quantitative estimate of drug-likeness (QED) is 0.461. The van der Waals surface area contributed by atoms with Crippen LogP contribution in [0.15, 0.2) is 51.7 Å². The molecule has 1 aliphatic heterocycles. The summed E-state index contributed by atoms with van der Waals surface area (Å²) in [6.45, 7) is 4.04. The molecular weight excluding hydrogens is 410 g/mol. The van der Waals surface area contributed by atoms with Crippen molar-refractivity contribution in [1.82, 2.24) is 4.90 Å². The average molecular weight is 437 g/mol. The number of rotatable bonds is 6. The van der Waals surface area contributed by atoms with Gasteiger partial charge in [0.15, 0.2) is 0 Å². The first-order valence-electron chi connectivity index (χ1n) is 10.8. The maximum absolute atomic E-state index is 12.8. The van der Waals surface area contributed by atoms with Gasteiger partial charge in [-0.2, -0.15) is 0 Å². The summed E-state index contributed by atoms with van der Waals surface area (Å²) in [6, 6.07) is 12.4. The zero-order chi connectivity index (χ0) is 22.7. The molecule has 0 unspecified atom stereocenters. The van der Waals surface area contributed by atoms with E-state index in [2.05, 4.69) is 4.90 Å². The van der Waals surface area contributed by atoms with E-state index in [0.717, 1.165) is 10.9 Å². The maximum atomic E-state index is 12.8. The third-order valence-electron chi connectivity index (χ3n) is 5.97. The van der Waals surface area contributed by atoms with Gasteiger partial charge in [-0.1, -0.05) is 12.1 Å². The van der Waals surface area contributed by atoms with Crippen LogP contribution in [0.5, 0.6) is 11.5 Å². The Labute approximate surface area is 186 Å². The lowest BCUT2D eigenvalue weighted by Crippen LogP contribution is -2.36. The predicted octanol–water partition coefficient (Wildman–Crippen LogP) is 3.95. The Balaban J connectivity index is 1.59. The molecule has 1 saturated heterocycles. The van der Waals surface area contributed by atoms with E-state index in [1.165, 1.54) is 0 Å². The van der Waals surface area contributed by atoms with Gasteiger partial charge in [0.2, 0.25) is 0 Å². The van der Waals surface area contributed by atoms with Gasteiger partial charge in [0.1, 0.15) is 17.1 Å². The number of hydrogen-bond donors (Lipinski definition) is 1. The van der Waals surface area contributed by atoms with Gasteiger partial charge in [-0.05, 0) is 68.8 Å². The monoisotopic (exact) mass is 437 g/mol. The number of likely N-dealkylation sites (tertiary alicyclic amines) is 1. The van der Waals surface area contributed by atoms with Crippen LogP contribution in [0.4, 0.5) is 0 Å². The lowest BCUT2D eigenvalue weighted by atomic mass is 9.96. The zero-order valence-electron chi connectivity index (χ0n) is 18.3. The highest BCUT2D eigenvalue weighted by atomic mass is 16.5. The molecule has 168 valence electrons. The molecule has 0 spiro atoms. The van der Waals surface area contributed by atoms with Crippen LogP contribution in [0.2, 0.25) is 0 Å². The maximum Gasteiger partial charge on any atom is 0.344 e. The van der Waals surface area contributed by atoms with Crippen molar-refractivity contribution in [1.29, 1.82) is 0 Å². The van der Waals surface area contributed by atoms with Crippen LogP contribution in [-0.4, -0.2) is 42.8 Å². The zero-order valence-corrected chi connectivity index (χ0v) is 18.3. The summed E-state index contributed by atoms with van der Waals surface area (Å²) in [5.41, 5.74) is 1.69. The summed E-state index contributed by atoms with van der Waals surface area (Å²) < 4.78 is 16.0. The molecule has 0 saturated carbocycles. The van der Waals surface area contributed by atoms with Crippen molar-refractivity contribution in [3.63, 3.8) is 0 Å². The second kappa shape index (κ2) is 9.44. The second-order valence-electron chi connectivity index (χ2n) is 7.96. The van der Waals surface area contributed by atoms with Crippen LogP contribution in [0.1, 0.15) is 25.3 Å². The highest BCUT2D eigenvalue weighted by molar-refractivity contribution is 5.85. The second-order valence-corrected chi connectivity index (χ2v) is 7.96. The van der Waals surface area contributed by atoms with Crippen molar-refractivity contribution in [2.75, 3.05) is 26.8 Å². The number of methoxy groups -OCH3 is 1. The van der Waals surface area contributed by atoms with E-state index in [-0.39, 0.29) is 17.6 Å². The van der Waals surface area contributed by atoms with Crippen LogP contribution in [0.3, 0.4) is 0 Å². The first-order chi connectivity index (χ1) is 15.5. The summed E-state index contributed by atoms with van der Waals surface area (Å²) in [5, 5.41) is 11.2. The molecule has 0 radical (unpaired) electrons. The van der Waals surface area contributed by atoms with Crippen molar-refractivity contribution >= 4 is 16.9 Å². The molecule has 7 nitrogen and oxygen atoms in total. The average Bonchev–Trinajstić information content (AvgIpc) is 2.81. The molecule has 32 heavy (non-hydrogen) atoms. The molecule has 0 atom stereocenters. The molecule has 1 N–H and O–H groups in total. The largest absolute Gasteiger partial charge is 0.507 e. The van der Waals surface area contributed by atoms with E-state index < -0.39 is 5.63 Å². The number of nitrogens with zero attached hydrogens (tertiary/aromatic N) is 1. The smallest absolute Gasteiger partial charge is 0.344 e. The molecule has 4 rings (SSSR count). The molecule has 1 aromatic heterocycles. The van der Waals surface area contributed by atoms with Crippen molar-refractivity contribution < 1.29 is 23.8 Å². The molecule has 0 amide bonds.